The zero-order chi connectivity index (χ0) is 17.9. The van der Waals surface area contributed by atoms with Crippen LogP contribution < -0.4 is 4.72 Å². The molecule has 1 unspecified atom stereocenters. The number of aryl methyl sites for hydroxylation is 2. The number of benzene rings is 1. The Morgan fingerprint density at radius 1 is 1.12 bits per heavy atom. The van der Waals surface area contributed by atoms with Crippen LogP contribution in [0.5, 0.6) is 0 Å². The molecule has 1 fully saturated rings. The van der Waals surface area contributed by atoms with Crippen molar-refractivity contribution in [1.82, 2.24) is 9.62 Å². The first-order valence-corrected chi connectivity index (χ1v) is 10.7. The number of rotatable bonds is 6. The van der Waals surface area contributed by atoms with E-state index in [4.69, 9.17) is 4.74 Å². The molecule has 1 aliphatic heterocycles. The second-order valence-electron chi connectivity index (χ2n) is 6.29. The number of sulfonamides is 1. The van der Waals surface area contributed by atoms with Crippen molar-refractivity contribution in [2.24, 2.45) is 0 Å². The highest BCUT2D eigenvalue weighted by Crippen LogP contribution is 2.24. The quantitative estimate of drug-likeness (QED) is 0.837. The highest BCUT2D eigenvalue weighted by molar-refractivity contribution is 7.91. The summed E-state index contributed by atoms with van der Waals surface area (Å²) in [6, 6.07) is 11.8. The molecule has 3 rings (SSSR count). The van der Waals surface area contributed by atoms with Crippen LogP contribution in [0.2, 0.25) is 0 Å². The van der Waals surface area contributed by atoms with Gasteiger partial charge in [-0.05, 0) is 31.5 Å². The molecule has 1 atom stereocenters. The van der Waals surface area contributed by atoms with Crippen LogP contribution in [0.25, 0.3) is 0 Å². The van der Waals surface area contributed by atoms with Gasteiger partial charge in [0.15, 0.2) is 0 Å². The molecule has 25 heavy (non-hydrogen) atoms. The fourth-order valence-electron chi connectivity index (χ4n) is 2.95. The Morgan fingerprint density at radius 3 is 2.40 bits per heavy atom. The molecule has 0 radical (unpaired) electrons. The van der Waals surface area contributed by atoms with Gasteiger partial charge in [0.2, 0.25) is 10.0 Å². The molecule has 1 aliphatic rings. The Labute approximate surface area is 153 Å². The van der Waals surface area contributed by atoms with Crippen molar-refractivity contribution in [1.29, 1.82) is 0 Å². The minimum absolute atomic E-state index is 0.000309. The molecule has 5 nitrogen and oxygen atoms in total. The van der Waals surface area contributed by atoms with Crippen LogP contribution >= 0.6 is 11.3 Å². The van der Waals surface area contributed by atoms with Gasteiger partial charge in [-0.15, -0.1) is 11.3 Å². The van der Waals surface area contributed by atoms with Crippen molar-refractivity contribution in [3.05, 3.63) is 52.4 Å². The molecule has 0 spiro atoms. The van der Waals surface area contributed by atoms with E-state index in [0.717, 1.165) is 23.5 Å². The van der Waals surface area contributed by atoms with Crippen molar-refractivity contribution >= 4 is 21.4 Å². The fraction of sp³-hybridized carbons (Fsp3) is 0.444. The van der Waals surface area contributed by atoms with Gasteiger partial charge in [0.25, 0.3) is 0 Å². The standard InChI is InChI=1S/C18H24N2O3S2/c1-14-3-6-16(7-4-14)17(20-9-11-23-12-10-20)13-19-25(21,22)18-8-5-15(2)24-18/h3-8,17,19H,9-13H2,1-2H3. The van der Waals surface area contributed by atoms with E-state index in [0.29, 0.717) is 24.0 Å². The van der Waals surface area contributed by atoms with Crippen molar-refractivity contribution in [3.63, 3.8) is 0 Å². The number of hydrogen-bond donors (Lipinski definition) is 1. The Hall–Kier alpha value is -1.25. The summed E-state index contributed by atoms with van der Waals surface area (Å²) in [5.41, 5.74) is 2.32. The highest BCUT2D eigenvalue weighted by atomic mass is 32.2. The van der Waals surface area contributed by atoms with E-state index in [1.165, 1.54) is 16.9 Å². The van der Waals surface area contributed by atoms with Gasteiger partial charge in [0.05, 0.1) is 13.2 Å². The zero-order valence-electron chi connectivity index (χ0n) is 14.6. The van der Waals surface area contributed by atoms with Gasteiger partial charge in [-0.2, -0.15) is 0 Å². The normalized spacial score (nSPS) is 17.5. The largest absolute Gasteiger partial charge is 0.379 e. The third-order valence-corrected chi connectivity index (χ3v) is 7.31. The van der Waals surface area contributed by atoms with Crippen LogP contribution in [0.15, 0.2) is 40.6 Å². The van der Waals surface area contributed by atoms with Gasteiger partial charge < -0.3 is 4.74 Å². The molecule has 1 saturated heterocycles. The van der Waals surface area contributed by atoms with E-state index in [1.807, 2.05) is 13.0 Å². The van der Waals surface area contributed by atoms with Crippen LogP contribution in [0.4, 0.5) is 0 Å². The van der Waals surface area contributed by atoms with E-state index >= 15 is 0 Å². The molecular formula is C18H24N2O3S2. The molecule has 0 amide bonds. The average Bonchev–Trinajstić information content (AvgIpc) is 3.05. The van der Waals surface area contributed by atoms with Crippen LogP contribution in [0.1, 0.15) is 22.0 Å². The van der Waals surface area contributed by atoms with Gasteiger partial charge >= 0.3 is 0 Å². The molecule has 0 aliphatic carbocycles. The summed E-state index contributed by atoms with van der Waals surface area (Å²) in [6.45, 7) is 7.28. The molecule has 2 aromatic rings. The van der Waals surface area contributed by atoms with Gasteiger partial charge in [0, 0.05) is 30.6 Å². The van der Waals surface area contributed by atoms with E-state index in [2.05, 4.69) is 40.8 Å². The second kappa shape index (κ2) is 7.97. The molecular weight excluding hydrogens is 356 g/mol. The summed E-state index contributed by atoms with van der Waals surface area (Å²) >= 11 is 1.30. The first-order chi connectivity index (χ1) is 12.0. The van der Waals surface area contributed by atoms with Crippen LogP contribution in [0, 0.1) is 13.8 Å². The van der Waals surface area contributed by atoms with Crippen LogP contribution in [-0.2, 0) is 14.8 Å². The predicted octanol–water partition coefficient (Wildman–Crippen LogP) is 2.72. The zero-order valence-corrected chi connectivity index (χ0v) is 16.2. The average molecular weight is 381 g/mol. The first-order valence-electron chi connectivity index (χ1n) is 8.40. The number of ether oxygens (including phenoxy) is 1. The molecule has 7 heteroatoms. The number of morpholine rings is 1. The van der Waals surface area contributed by atoms with Crippen molar-refractivity contribution in [2.45, 2.75) is 24.1 Å². The lowest BCUT2D eigenvalue weighted by Gasteiger charge is -2.34. The van der Waals surface area contributed by atoms with E-state index in [1.54, 1.807) is 6.07 Å². The SMILES string of the molecule is Cc1ccc(C(CNS(=O)(=O)c2ccc(C)s2)N2CCOCC2)cc1. The lowest BCUT2D eigenvalue weighted by molar-refractivity contribution is 0.0172. The maximum Gasteiger partial charge on any atom is 0.250 e. The fourth-order valence-corrected chi connectivity index (χ4v) is 5.32. The van der Waals surface area contributed by atoms with E-state index in [9.17, 15) is 8.42 Å². The van der Waals surface area contributed by atoms with Gasteiger partial charge in [-0.1, -0.05) is 29.8 Å². The molecule has 0 bridgehead atoms. The Balaban J connectivity index is 1.78. The van der Waals surface area contributed by atoms with Gasteiger partial charge in [0.1, 0.15) is 4.21 Å². The van der Waals surface area contributed by atoms with E-state index in [-0.39, 0.29) is 6.04 Å². The summed E-state index contributed by atoms with van der Waals surface area (Å²) < 4.78 is 33.8. The minimum Gasteiger partial charge on any atom is -0.379 e. The van der Waals surface area contributed by atoms with Gasteiger partial charge in [-0.3, -0.25) is 4.90 Å². The van der Waals surface area contributed by atoms with Crippen LogP contribution in [-0.4, -0.2) is 46.2 Å². The maximum absolute atomic E-state index is 12.6. The minimum atomic E-state index is -3.48. The molecule has 1 aromatic carbocycles. The Bertz CT molecular complexity index is 794. The molecule has 2 heterocycles. The smallest absolute Gasteiger partial charge is 0.250 e. The Morgan fingerprint density at radius 2 is 1.80 bits per heavy atom. The maximum atomic E-state index is 12.6. The second-order valence-corrected chi connectivity index (χ2v) is 9.57. The number of hydrogen-bond acceptors (Lipinski definition) is 5. The summed E-state index contributed by atoms with van der Waals surface area (Å²) in [5.74, 6) is 0. The van der Waals surface area contributed by atoms with Crippen molar-refractivity contribution in [3.8, 4) is 0 Å². The highest BCUT2D eigenvalue weighted by Gasteiger charge is 2.25. The van der Waals surface area contributed by atoms with E-state index < -0.39 is 10.0 Å². The summed E-state index contributed by atoms with van der Waals surface area (Å²) in [5, 5.41) is 0. The first kappa shape index (κ1) is 18.5. The molecule has 1 N–H and O–H groups in total. The van der Waals surface area contributed by atoms with Crippen molar-refractivity contribution in [2.75, 3.05) is 32.8 Å². The number of thiophene rings is 1. The topological polar surface area (TPSA) is 58.6 Å². The molecule has 1 aromatic heterocycles. The monoisotopic (exact) mass is 380 g/mol. The predicted molar refractivity (Wildman–Crippen MR) is 101 cm³/mol. The van der Waals surface area contributed by atoms with Crippen LogP contribution in [0.3, 0.4) is 0 Å². The molecule has 136 valence electrons. The third-order valence-electron chi connectivity index (χ3n) is 4.40. The molecule has 0 saturated carbocycles. The summed E-state index contributed by atoms with van der Waals surface area (Å²) in [7, 11) is -3.48. The third kappa shape index (κ3) is 4.68. The lowest BCUT2D eigenvalue weighted by atomic mass is 10.0. The summed E-state index contributed by atoms with van der Waals surface area (Å²) in [6.07, 6.45) is 0. The van der Waals surface area contributed by atoms with Gasteiger partial charge in [-0.25, -0.2) is 13.1 Å². The van der Waals surface area contributed by atoms with Crippen molar-refractivity contribution < 1.29 is 13.2 Å². The Kier molecular flexibility index (Phi) is 5.91. The number of nitrogens with zero attached hydrogens (tertiary/aromatic N) is 1. The number of nitrogens with one attached hydrogen (secondary N) is 1. The summed E-state index contributed by atoms with van der Waals surface area (Å²) in [4.78, 5) is 3.28. The lowest BCUT2D eigenvalue weighted by Crippen LogP contribution is -2.43.